The van der Waals surface area contributed by atoms with Crippen LogP contribution in [0.15, 0.2) is 72.8 Å². The molecule has 0 aliphatic rings. The molecule has 2 aromatic rings. The van der Waals surface area contributed by atoms with Crippen molar-refractivity contribution in [1.29, 1.82) is 0 Å². The lowest BCUT2D eigenvalue weighted by molar-refractivity contribution is 1.37. The highest BCUT2D eigenvalue weighted by Gasteiger charge is 1.92. The summed E-state index contributed by atoms with van der Waals surface area (Å²) < 4.78 is 0. The molecule has 2 rings (SSSR count). The number of rotatable bonds is 4. The molecule has 2 aromatic carbocycles. The summed E-state index contributed by atoms with van der Waals surface area (Å²) in [6, 6.07) is 16.8. The first-order chi connectivity index (χ1) is 9.75. The summed E-state index contributed by atoms with van der Waals surface area (Å²) in [6.07, 6.45) is 12.5. The molecule has 0 aliphatic heterocycles. The molecule has 0 amide bonds. The Labute approximate surface area is 121 Å². The van der Waals surface area contributed by atoms with E-state index in [9.17, 15) is 0 Å². The maximum Gasteiger partial charge on any atom is -0.0227 e. The summed E-state index contributed by atoms with van der Waals surface area (Å²) >= 11 is 0. The molecule has 0 fully saturated rings. The van der Waals surface area contributed by atoms with Crippen LogP contribution in [0.1, 0.15) is 22.3 Å². The molecule has 0 saturated heterocycles. The molecule has 0 heteroatoms. The van der Waals surface area contributed by atoms with Crippen LogP contribution in [0.2, 0.25) is 0 Å². The van der Waals surface area contributed by atoms with Crippen LogP contribution in [-0.2, 0) is 0 Å². The van der Waals surface area contributed by atoms with Gasteiger partial charge in [0.25, 0.3) is 0 Å². The third-order valence-corrected chi connectivity index (χ3v) is 3.12. The van der Waals surface area contributed by atoms with E-state index in [-0.39, 0.29) is 0 Å². The van der Waals surface area contributed by atoms with E-state index in [2.05, 4.69) is 74.6 Å². The molecule has 0 bridgehead atoms. The standard InChI is InChI=1S/C20H20/c1-17-14-15-20(18(2)16-17)13-9-4-3-6-10-19-11-7-5-8-12-19/h3-16H,1-2H3/b4-3+,10-6+,13-9+. The van der Waals surface area contributed by atoms with E-state index >= 15 is 0 Å². The predicted octanol–water partition coefficient (Wildman–Crippen LogP) is 5.59. The lowest BCUT2D eigenvalue weighted by atomic mass is 10.1. The highest BCUT2D eigenvalue weighted by Crippen LogP contribution is 2.12. The minimum atomic E-state index is 1.22. The minimum absolute atomic E-state index is 1.22. The molecular formula is C20H20. The Morgan fingerprint density at radius 3 is 2.10 bits per heavy atom. The van der Waals surface area contributed by atoms with Gasteiger partial charge in [-0.15, -0.1) is 0 Å². The molecule has 0 unspecified atom stereocenters. The van der Waals surface area contributed by atoms with Gasteiger partial charge in [0.1, 0.15) is 0 Å². The van der Waals surface area contributed by atoms with Gasteiger partial charge in [-0.3, -0.25) is 0 Å². The first kappa shape index (κ1) is 14.1. The fourth-order valence-corrected chi connectivity index (χ4v) is 2.03. The van der Waals surface area contributed by atoms with Crippen LogP contribution in [-0.4, -0.2) is 0 Å². The fraction of sp³-hybridized carbons (Fsp3) is 0.100. The fourth-order valence-electron chi connectivity index (χ4n) is 2.03. The van der Waals surface area contributed by atoms with Crippen LogP contribution < -0.4 is 0 Å². The van der Waals surface area contributed by atoms with E-state index in [4.69, 9.17) is 0 Å². The smallest absolute Gasteiger partial charge is 0.0227 e. The molecule has 20 heavy (non-hydrogen) atoms. The quantitative estimate of drug-likeness (QED) is 0.629. The third-order valence-electron chi connectivity index (χ3n) is 3.12. The van der Waals surface area contributed by atoms with Gasteiger partial charge in [0.2, 0.25) is 0 Å². The zero-order valence-electron chi connectivity index (χ0n) is 12.1. The molecule has 0 nitrogen and oxygen atoms in total. The van der Waals surface area contributed by atoms with Gasteiger partial charge in [-0.25, -0.2) is 0 Å². The van der Waals surface area contributed by atoms with Crippen LogP contribution in [0.3, 0.4) is 0 Å². The Morgan fingerprint density at radius 1 is 0.700 bits per heavy atom. The average Bonchev–Trinajstić information content (AvgIpc) is 2.46. The Hall–Kier alpha value is -2.34. The van der Waals surface area contributed by atoms with Gasteiger partial charge >= 0.3 is 0 Å². The number of benzene rings is 2. The van der Waals surface area contributed by atoms with Gasteiger partial charge in [-0.1, -0.05) is 90.6 Å². The first-order valence-corrected chi connectivity index (χ1v) is 6.89. The number of allylic oxidation sites excluding steroid dienone is 4. The Balaban J connectivity index is 1.93. The van der Waals surface area contributed by atoms with E-state index in [0.717, 1.165) is 0 Å². The molecule has 0 N–H and O–H groups in total. The van der Waals surface area contributed by atoms with Gasteiger partial charge in [0, 0.05) is 0 Å². The van der Waals surface area contributed by atoms with Crippen molar-refractivity contribution in [3.8, 4) is 0 Å². The zero-order chi connectivity index (χ0) is 14.2. The first-order valence-electron chi connectivity index (χ1n) is 6.89. The summed E-state index contributed by atoms with van der Waals surface area (Å²) in [6.45, 7) is 4.26. The van der Waals surface area contributed by atoms with Crippen molar-refractivity contribution in [2.45, 2.75) is 13.8 Å². The molecule has 0 saturated carbocycles. The Kier molecular flexibility index (Phi) is 5.14. The van der Waals surface area contributed by atoms with Crippen molar-refractivity contribution in [2.75, 3.05) is 0 Å². The number of hydrogen-bond acceptors (Lipinski definition) is 0. The van der Waals surface area contributed by atoms with Crippen LogP contribution in [0.4, 0.5) is 0 Å². The largest absolute Gasteiger partial charge is 0.0622 e. The lowest BCUT2D eigenvalue weighted by Gasteiger charge is -2.00. The molecule has 0 aromatic heterocycles. The Morgan fingerprint density at radius 2 is 1.40 bits per heavy atom. The van der Waals surface area contributed by atoms with Crippen molar-refractivity contribution in [1.82, 2.24) is 0 Å². The molecule has 0 spiro atoms. The van der Waals surface area contributed by atoms with Gasteiger partial charge in [0.15, 0.2) is 0 Å². The molecular weight excluding hydrogens is 240 g/mol. The van der Waals surface area contributed by atoms with Gasteiger partial charge in [0.05, 0.1) is 0 Å². The monoisotopic (exact) mass is 260 g/mol. The highest BCUT2D eigenvalue weighted by molar-refractivity contribution is 5.56. The van der Waals surface area contributed by atoms with Crippen LogP contribution in [0.25, 0.3) is 12.2 Å². The topological polar surface area (TPSA) is 0 Å². The van der Waals surface area contributed by atoms with Crippen molar-refractivity contribution < 1.29 is 0 Å². The maximum absolute atomic E-state index is 2.21. The van der Waals surface area contributed by atoms with E-state index in [1.165, 1.54) is 22.3 Å². The third kappa shape index (κ3) is 4.40. The summed E-state index contributed by atoms with van der Waals surface area (Å²) in [5.41, 5.74) is 5.11. The van der Waals surface area contributed by atoms with Crippen molar-refractivity contribution in [2.24, 2.45) is 0 Å². The van der Waals surface area contributed by atoms with E-state index < -0.39 is 0 Å². The van der Waals surface area contributed by atoms with Crippen LogP contribution >= 0.6 is 0 Å². The number of aryl methyl sites for hydroxylation is 2. The SMILES string of the molecule is Cc1ccc(/C=C/C=C/C=C/c2ccccc2)c(C)c1. The van der Waals surface area contributed by atoms with Crippen LogP contribution in [0.5, 0.6) is 0 Å². The minimum Gasteiger partial charge on any atom is -0.0622 e. The number of hydrogen-bond donors (Lipinski definition) is 0. The van der Waals surface area contributed by atoms with Crippen molar-refractivity contribution >= 4 is 12.2 Å². The summed E-state index contributed by atoms with van der Waals surface area (Å²) in [4.78, 5) is 0. The van der Waals surface area contributed by atoms with E-state index in [1.54, 1.807) is 0 Å². The van der Waals surface area contributed by atoms with Gasteiger partial charge in [-0.2, -0.15) is 0 Å². The molecule has 0 atom stereocenters. The lowest BCUT2D eigenvalue weighted by Crippen LogP contribution is -1.81. The maximum atomic E-state index is 2.21. The van der Waals surface area contributed by atoms with Crippen LogP contribution in [0, 0.1) is 13.8 Å². The van der Waals surface area contributed by atoms with E-state index in [1.807, 2.05) is 24.3 Å². The summed E-state index contributed by atoms with van der Waals surface area (Å²) in [5, 5.41) is 0. The molecule has 0 aliphatic carbocycles. The molecule has 100 valence electrons. The highest BCUT2D eigenvalue weighted by atomic mass is 14.0. The summed E-state index contributed by atoms with van der Waals surface area (Å²) in [7, 11) is 0. The second kappa shape index (κ2) is 7.30. The average molecular weight is 260 g/mol. The summed E-state index contributed by atoms with van der Waals surface area (Å²) in [5.74, 6) is 0. The van der Waals surface area contributed by atoms with Gasteiger partial charge in [-0.05, 0) is 30.5 Å². The van der Waals surface area contributed by atoms with Crippen molar-refractivity contribution in [3.05, 3.63) is 95.1 Å². The van der Waals surface area contributed by atoms with Crippen molar-refractivity contribution in [3.63, 3.8) is 0 Å². The Bertz CT molecular complexity index is 628. The zero-order valence-corrected chi connectivity index (χ0v) is 12.1. The second-order valence-electron chi connectivity index (χ2n) is 4.87. The van der Waals surface area contributed by atoms with Gasteiger partial charge < -0.3 is 0 Å². The molecule has 0 heterocycles. The molecule has 0 radical (unpaired) electrons. The second-order valence-corrected chi connectivity index (χ2v) is 4.87. The van der Waals surface area contributed by atoms with E-state index in [0.29, 0.717) is 0 Å². The normalized spacial score (nSPS) is 11.9. The predicted molar refractivity (Wildman–Crippen MR) is 89.6 cm³/mol.